The highest BCUT2D eigenvalue weighted by Crippen LogP contribution is 2.33. The van der Waals surface area contributed by atoms with Gasteiger partial charge in [-0.15, -0.1) is 0 Å². The number of sulfonamides is 1. The number of aromatic nitrogens is 2. The molecule has 1 aliphatic rings. The maximum atomic E-state index is 12.0. The van der Waals surface area contributed by atoms with Crippen molar-refractivity contribution in [1.29, 1.82) is 0 Å². The van der Waals surface area contributed by atoms with Gasteiger partial charge in [0.25, 0.3) is 0 Å². The Bertz CT molecular complexity index is 721. The summed E-state index contributed by atoms with van der Waals surface area (Å²) in [6.07, 6.45) is -0.826. The Morgan fingerprint density at radius 2 is 2.04 bits per heavy atom. The van der Waals surface area contributed by atoms with Gasteiger partial charge in [0.1, 0.15) is 18.0 Å². The van der Waals surface area contributed by atoms with E-state index in [4.69, 9.17) is 19.9 Å². The minimum atomic E-state index is -3.38. The largest absolute Gasteiger partial charge is 0.383 e. The first-order chi connectivity index (χ1) is 11.3. The molecule has 1 aromatic heterocycles. The number of rotatable bonds is 7. The van der Waals surface area contributed by atoms with Gasteiger partial charge in [-0.05, 0) is 19.5 Å². The first-order valence-electron chi connectivity index (χ1n) is 7.30. The maximum absolute atomic E-state index is 12.0. The van der Waals surface area contributed by atoms with E-state index in [0.29, 0.717) is 0 Å². The smallest absolute Gasteiger partial charge is 0.351 e. The lowest BCUT2D eigenvalue weighted by molar-refractivity contribution is -0.0557. The van der Waals surface area contributed by atoms with Crippen molar-refractivity contribution in [3.8, 4) is 0 Å². The van der Waals surface area contributed by atoms with Crippen LogP contribution in [0, 0.1) is 0 Å². The number of anilines is 1. The second-order valence-electron chi connectivity index (χ2n) is 5.32. The molecule has 4 atom stereocenters. The van der Waals surface area contributed by atoms with Crippen molar-refractivity contribution in [2.24, 2.45) is 0 Å². The van der Waals surface area contributed by atoms with Crippen LogP contribution in [0.25, 0.3) is 0 Å². The number of hydrogen-bond acceptors (Lipinski definition) is 8. The van der Waals surface area contributed by atoms with Crippen LogP contribution in [0.2, 0.25) is 0 Å². The number of ether oxygens (including phenoxy) is 3. The van der Waals surface area contributed by atoms with Crippen molar-refractivity contribution in [3.05, 3.63) is 22.7 Å². The quantitative estimate of drug-likeness (QED) is 0.610. The Labute approximate surface area is 140 Å². The predicted octanol–water partition coefficient (Wildman–Crippen LogP) is -1.31. The Hall–Kier alpha value is -1.53. The summed E-state index contributed by atoms with van der Waals surface area (Å²) in [7, 11) is 0.910. The van der Waals surface area contributed by atoms with E-state index in [1.54, 1.807) is 0 Å². The molecule has 2 rings (SSSR count). The highest BCUT2D eigenvalue weighted by molar-refractivity contribution is 7.89. The van der Waals surface area contributed by atoms with E-state index >= 15 is 0 Å². The number of nitrogens with two attached hydrogens (primary N) is 1. The minimum Gasteiger partial charge on any atom is -0.383 e. The lowest BCUT2D eigenvalue weighted by Gasteiger charge is -2.22. The molecule has 2 heterocycles. The molecule has 0 aliphatic carbocycles. The topological polar surface area (TPSA) is 135 Å². The molecule has 0 bridgehead atoms. The van der Waals surface area contributed by atoms with Crippen molar-refractivity contribution in [1.82, 2.24) is 14.3 Å². The molecule has 0 saturated carbocycles. The fraction of sp³-hybridized carbons (Fsp3) is 0.692. The lowest BCUT2D eigenvalue weighted by Crippen LogP contribution is -2.38. The highest BCUT2D eigenvalue weighted by Gasteiger charge is 2.46. The van der Waals surface area contributed by atoms with Gasteiger partial charge in [-0.25, -0.2) is 17.9 Å². The summed E-state index contributed by atoms with van der Waals surface area (Å²) in [4.78, 5) is 15.7. The van der Waals surface area contributed by atoms with Crippen LogP contribution in [0.5, 0.6) is 0 Å². The second-order valence-corrected chi connectivity index (χ2v) is 7.37. The van der Waals surface area contributed by atoms with Gasteiger partial charge in [0, 0.05) is 20.4 Å². The van der Waals surface area contributed by atoms with Crippen molar-refractivity contribution in [2.45, 2.75) is 31.0 Å². The van der Waals surface area contributed by atoms with Crippen LogP contribution in [-0.2, 0) is 24.2 Å². The third-order valence-corrected chi connectivity index (χ3v) is 5.33. The summed E-state index contributed by atoms with van der Waals surface area (Å²) < 4.78 is 43.4. The number of nitrogens with zero attached hydrogens (tertiary/aromatic N) is 2. The Morgan fingerprint density at radius 1 is 1.38 bits per heavy atom. The molecule has 24 heavy (non-hydrogen) atoms. The maximum Gasteiger partial charge on any atom is 0.351 e. The molecule has 1 fully saturated rings. The van der Waals surface area contributed by atoms with Gasteiger partial charge in [0.15, 0.2) is 6.23 Å². The average Bonchev–Trinajstić information content (AvgIpc) is 2.90. The van der Waals surface area contributed by atoms with E-state index in [1.807, 2.05) is 0 Å². The van der Waals surface area contributed by atoms with Crippen molar-refractivity contribution in [2.75, 3.05) is 32.8 Å². The Kier molecular flexibility index (Phi) is 5.93. The number of nitrogen functional groups attached to an aromatic ring is 1. The summed E-state index contributed by atoms with van der Waals surface area (Å²) in [6, 6.07) is 1.47. The van der Waals surface area contributed by atoms with E-state index in [1.165, 1.54) is 38.1 Å². The molecule has 10 nitrogen and oxygen atoms in total. The predicted molar refractivity (Wildman–Crippen MR) is 85.9 cm³/mol. The van der Waals surface area contributed by atoms with Crippen LogP contribution in [0.4, 0.5) is 5.82 Å². The fourth-order valence-electron chi connectivity index (χ4n) is 2.69. The minimum absolute atomic E-state index is 0.100. The number of nitrogens with one attached hydrogen (secondary N) is 1. The molecule has 11 heteroatoms. The molecule has 0 unspecified atom stereocenters. The summed E-state index contributed by atoms with van der Waals surface area (Å²) in [5.74, 6) is -0.0327. The number of methoxy groups -OCH3 is 2. The summed E-state index contributed by atoms with van der Waals surface area (Å²) in [5.41, 5.74) is 4.91. The van der Waals surface area contributed by atoms with E-state index < -0.39 is 40.3 Å². The summed E-state index contributed by atoms with van der Waals surface area (Å²) in [5, 5.41) is 0. The van der Waals surface area contributed by atoms with Crippen LogP contribution < -0.4 is 16.1 Å². The molecule has 1 saturated heterocycles. The summed E-state index contributed by atoms with van der Waals surface area (Å²) >= 11 is 0. The van der Waals surface area contributed by atoms with Crippen LogP contribution in [0.15, 0.2) is 17.1 Å². The molecule has 3 N–H and O–H groups in total. The van der Waals surface area contributed by atoms with Gasteiger partial charge in [-0.3, -0.25) is 4.57 Å². The van der Waals surface area contributed by atoms with Gasteiger partial charge in [-0.1, -0.05) is 0 Å². The number of hydrogen-bond donors (Lipinski definition) is 2. The second kappa shape index (κ2) is 7.57. The van der Waals surface area contributed by atoms with E-state index in [9.17, 15) is 13.2 Å². The normalized spacial score (nSPS) is 27.5. The van der Waals surface area contributed by atoms with Crippen molar-refractivity contribution >= 4 is 15.8 Å². The van der Waals surface area contributed by atoms with Crippen molar-refractivity contribution in [3.63, 3.8) is 0 Å². The Morgan fingerprint density at radius 3 is 2.58 bits per heavy atom. The van der Waals surface area contributed by atoms with Gasteiger partial charge < -0.3 is 19.9 Å². The first-order valence-corrected chi connectivity index (χ1v) is 8.95. The van der Waals surface area contributed by atoms with Gasteiger partial charge in [0.05, 0.1) is 11.9 Å². The molecule has 0 aromatic carbocycles. The molecular formula is C13H22N4O6S. The monoisotopic (exact) mass is 362 g/mol. The van der Waals surface area contributed by atoms with E-state index in [-0.39, 0.29) is 18.0 Å². The SMILES string of the molecule is CNS(=O)(=O)CC[C@H]1O[C@@H](n2ccc(N)nc2=O)[C@H](OC)[C@@H]1OC. The molecule has 1 aliphatic heterocycles. The third-order valence-electron chi connectivity index (χ3n) is 3.94. The van der Waals surface area contributed by atoms with Gasteiger partial charge >= 0.3 is 5.69 Å². The first kappa shape index (κ1) is 18.8. The van der Waals surface area contributed by atoms with E-state index in [0.717, 1.165) is 0 Å². The van der Waals surface area contributed by atoms with Crippen LogP contribution in [-0.4, -0.2) is 63.3 Å². The zero-order chi connectivity index (χ0) is 17.9. The molecule has 0 spiro atoms. The Balaban J connectivity index is 2.25. The molecule has 0 radical (unpaired) electrons. The van der Waals surface area contributed by atoms with Crippen LogP contribution in [0.3, 0.4) is 0 Å². The summed E-state index contributed by atoms with van der Waals surface area (Å²) in [6.45, 7) is 0. The lowest BCUT2D eigenvalue weighted by atomic mass is 10.1. The molecule has 0 amide bonds. The highest BCUT2D eigenvalue weighted by atomic mass is 32.2. The van der Waals surface area contributed by atoms with E-state index in [2.05, 4.69) is 9.71 Å². The zero-order valence-electron chi connectivity index (χ0n) is 13.7. The van der Waals surface area contributed by atoms with Crippen molar-refractivity contribution < 1.29 is 22.6 Å². The fourth-order valence-corrected chi connectivity index (χ4v) is 3.44. The molecule has 136 valence electrons. The standard InChI is InChI=1S/C13H22N4O6S/c1-15-24(19,20)7-5-8-10(21-2)11(22-3)12(23-8)17-6-4-9(14)16-13(17)18/h4,6,8,10-12,15H,5,7H2,1-3H3,(H2,14,16,18)/t8-,10-,11-,12-/m1/s1. The third kappa shape index (κ3) is 3.92. The van der Waals surface area contributed by atoms with Crippen LogP contribution >= 0.6 is 0 Å². The zero-order valence-corrected chi connectivity index (χ0v) is 14.5. The molecule has 1 aromatic rings. The van der Waals surface area contributed by atoms with Crippen LogP contribution in [0.1, 0.15) is 12.6 Å². The average molecular weight is 362 g/mol. The van der Waals surface area contributed by atoms with Gasteiger partial charge in [-0.2, -0.15) is 4.98 Å². The molecular weight excluding hydrogens is 340 g/mol. The van der Waals surface area contributed by atoms with Gasteiger partial charge in [0.2, 0.25) is 10.0 Å².